The molecule has 148 valence electrons. The lowest BCUT2D eigenvalue weighted by Gasteiger charge is -2.17. The second-order valence-corrected chi connectivity index (χ2v) is 7.10. The van der Waals surface area contributed by atoms with Gasteiger partial charge in [-0.15, -0.1) is 0 Å². The summed E-state index contributed by atoms with van der Waals surface area (Å²) in [4.78, 5) is 19.2. The average Bonchev–Trinajstić information content (AvgIpc) is 3.29. The summed E-state index contributed by atoms with van der Waals surface area (Å²) < 4.78 is 13.0. The standard InChI is InChI=1S/C23H23FN4O/c24-19-5-3-17(4-6-19)16-26-22-15-18(11-12-25-22)23(29)27-20-7-9-21(10-8-20)28-13-1-2-14-28/h3-12,15H,1-2,13-14,16H2,(H,25,26)(H,27,29). The minimum Gasteiger partial charge on any atom is -0.372 e. The molecule has 2 N–H and O–H groups in total. The third kappa shape index (κ3) is 4.90. The molecular weight excluding hydrogens is 367 g/mol. The summed E-state index contributed by atoms with van der Waals surface area (Å²) >= 11 is 0. The van der Waals surface area contributed by atoms with E-state index in [0.29, 0.717) is 17.9 Å². The largest absolute Gasteiger partial charge is 0.372 e. The molecule has 1 aromatic heterocycles. The van der Waals surface area contributed by atoms with E-state index in [2.05, 4.69) is 20.5 Å². The lowest BCUT2D eigenvalue weighted by molar-refractivity contribution is 0.102. The Morgan fingerprint density at radius 1 is 1.00 bits per heavy atom. The first-order valence-corrected chi connectivity index (χ1v) is 9.78. The molecule has 1 aliphatic heterocycles. The molecular formula is C23H23FN4O. The van der Waals surface area contributed by atoms with Crippen molar-refractivity contribution in [1.29, 1.82) is 0 Å². The molecule has 0 saturated carbocycles. The van der Waals surface area contributed by atoms with E-state index in [4.69, 9.17) is 0 Å². The molecule has 1 amide bonds. The average molecular weight is 390 g/mol. The van der Waals surface area contributed by atoms with Gasteiger partial charge in [0.1, 0.15) is 11.6 Å². The van der Waals surface area contributed by atoms with Crippen LogP contribution in [0.4, 0.5) is 21.6 Å². The van der Waals surface area contributed by atoms with Crippen molar-refractivity contribution < 1.29 is 9.18 Å². The van der Waals surface area contributed by atoms with Gasteiger partial charge >= 0.3 is 0 Å². The highest BCUT2D eigenvalue weighted by Gasteiger charge is 2.12. The van der Waals surface area contributed by atoms with Crippen molar-refractivity contribution in [3.63, 3.8) is 0 Å². The molecule has 0 atom stereocenters. The van der Waals surface area contributed by atoms with E-state index < -0.39 is 0 Å². The summed E-state index contributed by atoms with van der Waals surface area (Å²) in [6.45, 7) is 2.68. The predicted molar refractivity (Wildman–Crippen MR) is 114 cm³/mol. The van der Waals surface area contributed by atoms with Crippen LogP contribution in [-0.2, 0) is 6.54 Å². The smallest absolute Gasteiger partial charge is 0.255 e. The zero-order chi connectivity index (χ0) is 20.1. The van der Waals surface area contributed by atoms with Crippen LogP contribution < -0.4 is 15.5 Å². The molecule has 0 radical (unpaired) electrons. The van der Waals surface area contributed by atoms with Gasteiger partial charge in [0.05, 0.1) is 0 Å². The number of nitrogens with zero attached hydrogens (tertiary/aromatic N) is 2. The molecule has 0 aliphatic carbocycles. The maximum atomic E-state index is 13.0. The van der Waals surface area contributed by atoms with Crippen LogP contribution in [0.5, 0.6) is 0 Å². The number of hydrogen-bond acceptors (Lipinski definition) is 4. The number of carbonyl (C=O) groups is 1. The molecule has 1 saturated heterocycles. The van der Waals surface area contributed by atoms with Gasteiger partial charge in [-0.2, -0.15) is 0 Å². The maximum Gasteiger partial charge on any atom is 0.255 e. The number of carbonyl (C=O) groups excluding carboxylic acids is 1. The number of hydrogen-bond donors (Lipinski definition) is 2. The Hall–Kier alpha value is -3.41. The molecule has 4 rings (SSSR count). The number of aromatic nitrogens is 1. The summed E-state index contributed by atoms with van der Waals surface area (Å²) in [5, 5.41) is 6.09. The molecule has 0 spiro atoms. The maximum absolute atomic E-state index is 13.0. The normalized spacial score (nSPS) is 13.3. The van der Waals surface area contributed by atoms with Crippen molar-refractivity contribution in [3.8, 4) is 0 Å². The minimum absolute atomic E-state index is 0.189. The van der Waals surface area contributed by atoms with Crippen molar-refractivity contribution >= 4 is 23.1 Å². The minimum atomic E-state index is -0.265. The van der Waals surface area contributed by atoms with Crippen molar-refractivity contribution in [1.82, 2.24) is 4.98 Å². The van der Waals surface area contributed by atoms with Crippen molar-refractivity contribution in [2.45, 2.75) is 19.4 Å². The van der Waals surface area contributed by atoms with E-state index in [0.717, 1.165) is 24.3 Å². The number of halogens is 1. The predicted octanol–water partition coefficient (Wildman–Crippen LogP) is 4.69. The number of pyridine rings is 1. The zero-order valence-electron chi connectivity index (χ0n) is 16.1. The van der Waals surface area contributed by atoms with Gasteiger partial charge in [0.25, 0.3) is 5.91 Å². The van der Waals surface area contributed by atoms with E-state index >= 15 is 0 Å². The molecule has 1 aliphatic rings. The Morgan fingerprint density at radius 3 is 2.45 bits per heavy atom. The van der Waals surface area contributed by atoms with Crippen LogP contribution in [-0.4, -0.2) is 24.0 Å². The fourth-order valence-electron chi connectivity index (χ4n) is 3.40. The Kier molecular flexibility index (Phi) is 5.70. The molecule has 1 fully saturated rings. The summed E-state index contributed by atoms with van der Waals surface area (Å²) in [6, 6.07) is 17.6. The van der Waals surface area contributed by atoms with Crippen LogP contribution in [0, 0.1) is 5.82 Å². The van der Waals surface area contributed by atoms with E-state index in [9.17, 15) is 9.18 Å². The highest BCUT2D eigenvalue weighted by atomic mass is 19.1. The van der Waals surface area contributed by atoms with Gasteiger partial charge in [-0.3, -0.25) is 4.79 Å². The van der Waals surface area contributed by atoms with Crippen molar-refractivity contribution in [2.75, 3.05) is 28.6 Å². The fraction of sp³-hybridized carbons (Fsp3) is 0.217. The van der Waals surface area contributed by atoms with Crippen LogP contribution in [0.1, 0.15) is 28.8 Å². The highest BCUT2D eigenvalue weighted by molar-refractivity contribution is 6.04. The first-order chi connectivity index (χ1) is 14.2. The molecule has 3 aromatic rings. The first kappa shape index (κ1) is 18.9. The van der Waals surface area contributed by atoms with E-state index in [-0.39, 0.29) is 11.7 Å². The van der Waals surface area contributed by atoms with Gasteiger partial charge in [-0.25, -0.2) is 9.37 Å². The number of nitrogens with one attached hydrogen (secondary N) is 2. The second-order valence-electron chi connectivity index (χ2n) is 7.10. The van der Waals surface area contributed by atoms with E-state index in [1.54, 1.807) is 30.5 Å². The number of rotatable bonds is 6. The Bertz CT molecular complexity index is 967. The SMILES string of the molecule is O=C(Nc1ccc(N2CCCC2)cc1)c1ccnc(NCc2ccc(F)cc2)c1. The van der Waals surface area contributed by atoms with Gasteiger partial charge < -0.3 is 15.5 Å². The molecule has 29 heavy (non-hydrogen) atoms. The molecule has 6 heteroatoms. The molecule has 0 unspecified atom stereocenters. The first-order valence-electron chi connectivity index (χ1n) is 9.78. The molecule has 0 bridgehead atoms. The third-order valence-electron chi connectivity index (χ3n) is 5.01. The Labute approximate surface area is 169 Å². The van der Waals surface area contributed by atoms with Gasteiger partial charge in [-0.05, 0) is 66.9 Å². The number of amides is 1. The molecule has 2 aromatic carbocycles. The molecule has 2 heterocycles. The summed E-state index contributed by atoms with van der Waals surface area (Å²) in [5.74, 6) is 0.136. The van der Waals surface area contributed by atoms with Crippen LogP contribution >= 0.6 is 0 Å². The van der Waals surface area contributed by atoms with Crippen molar-refractivity contribution in [2.24, 2.45) is 0 Å². The summed E-state index contributed by atoms with van der Waals surface area (Å²) in [5.41, 5.74) is 3.40. The third-order valence-corrected chi connectivity index (χ3v) is 5.01. The lowest BCUT2D eigenvalue weighted by Crippen LogP contribution is -2.17. The van der Waals surface area contributed by atoms with Gasteiger partial charge in [0.2, 0.25) is 0 Å². The second kappa shape index (κ2) is 8.73. The van der Waals surface area contributed by atoms with E-state index in [1.807, 2.05) is 24.3 Å². The molecule has 5 nitrogen and oxygen atoms in total. The van der Waals surface area contributed by atoms with Crippen LogP contribution in [0.15, 0.2) is 66.9 Å². The quantitative estimate of drug-likeness (QED) is 0.641. The van der Waals surface area contributed by atoms with Crippen LogP contribution in [0.25, 0.3) is 0 Å². The Morgan fingerprint density at radius 2 is 1.72 bits per heavy atom. The van der Waals surface area contributed by atoms with Gasteiger partial charge in [0.15, 0.2) is 0 Å². The number of benzene rings is 2. The number of anilines is 3. The topological polar surface area (TPSA) is 57.3 Å². The zero-order valence-corrected chi connectivity index (χ0v) is 16.1. The van der Waals surface area contributed by atoms with Gasteiger partial charge in [0, 0.05) is 42.8 Å². The summed E-state index contributed by atoms with van der Waals surface area (Å²) in [7, 11) is 0. The van der Waals surface area contributed by atoms with Gasteiger partial charge in [-0.1, -0.05) is 12.1 Å². The lowest BCUT2D eigenvalue weighted by atomic mass is 10.2. The fourth-order valence-corrected chi connectivity index (χ4v) is 3.40. The highest BCUT2D eigenvalue weighted by Crippen LogP contribution is 2.22. The van der Waals surface area contributed by atoms with E-state index in [1.165, 1.54) is 30.7 Å². The van der Waals surface area contributed by atoms with Crippen LogP contribution in [0.3, 0.4) is 0 Å². The Balaban J connectivity index is 1.37. The van der Waals surface area contributed by atoms with Crippen LogP contribution in [0.2, 0.25) is 0 Å². The summed E-state index contributed by atoms with van der Waals surface area (Å²) in [6.07, 6.45) is 4.06. The van der Waals surface area contributed by atoms with Crippen molar-refractivity contribution in [3.05, 3.63) is 83.8 Å². The monoisotopic (exact) mass is 390 g/mol.